The number of carbonyl (C=O) groups is 1. The van der Waals surface area contributed by atoms with E-state index in [9.17, 15) is 9.59 Å². The maximum atomic E-state index is 13.1. The van der Waals surface area contributed by atoms with Crippen LogP contribution >= 0.6 is 11.8 Å². The number of benzene rings is 2. The summed E-state index contributed by atoms with van der Waals surface area (Å²) >= 11 is 1.26. The Bertz CT molecular complexity index is 1190. The number of amides is 1. The lowest BCUT2D eigenvalue weighted by Crippen LogP contribution is -2.32. The van der Waals surface area contributed by atoms with Crippen molar-refractivity contribution in [3.05, 3.63) is 58.9 Å². The minimum Gasteiger partial charge on any atom is -0.383 e. The summed E-state index contributed by atoms with van der Waals surface area (Å²) in [5.74, 6) is 0.798. The Morgan fingerprint density at radius 1 is 1.18 bits per heavy atom. The number of nitrogens with zero attached hydrogens (tertiary/aromatic N) is 3. The smallest absolute Gasteiger partial charge is 0.262 e. The minimum absolute atomic E-state index is 0.124. The molecule has 0 radical (unpaired) electrons. The van der Waals surface area contributed by atoms with Crippen LogP contribution in [-0.4, -0.2) is 48.0 Å². The number of ether oxygens (including phenoxy) is 1. The first-order valence-electron chi connectivity index (χ1n) is 11.7. The van der Waals surface area contributed by atoms with E-state index >= 15 is 0 Å². The van der Waals surface area contributed by atoms with E-state index in [0.717, 1.165) is 24.7 Å². The van der Waals surface area contributed by atoms with Crippen LogP contribution in [-0.2, 0) is 9.53 Å². The lowest BCUT2D eigenvalue weighted by atomic mass is 9.99. The van der Waals surface area contributed by atoms with Crippen molar-refractivity contribution in [3.8, 4) is 0 Å². The van der Waals surface area contributed by atoms with Gasteiger partial charge in [-0.1, -0.05) is 30.8 Å². The van der Waals surface area contributed by atoms with E-state index in [4.69, 9.17) is 4.74 Å². The first kappa shape index (κ1) is 24.3. The molecular weight excluding hydrogens is 448 g/mol. The Kier molecular flexibility index (Phi) is 7.90. The molecule has 8 heteroatoms. The van der Waals surface area contributed by atoms with Crippen LogP contribution < -0.4 is 15.8 Å². The van der Waals surface area contributed by atoms with Gasteiger partial charge in [-0.3, -0.25) is 14.2 Å². The molecule has 1 aliphatic heterocycles. The minimum atomic E-state index is -0.203. The quantitative estimate of drug-likeness (QED) is 0.376. The second-order valence-electron chi connectivity index (χ2n) is 8.94. The van der Waals surface area contributed by atoms with E-state index in [2.05, 4.69) is 34.3 Å². The zero-order valence-electron chi connectivity index (χ0n) is 20.0. The highest BCUT2D eigenvalue weighted by Gasteiger charge is 2.18. The van der Waals surface area contributed by atoms with Crippen LogP contribution in [0.3, 0.4) is 0 Å². The summed E-state index contributed by atoms with van der Waals surface area (Å²) in [7, 11) is 1.60. The molecule has 0 bridgehead atoms. The fraction of sp³-hybridized carbons (Fsp3) is 0.423. The molecule has 1 aromatic heterocycles. The Morgan fingerprint density at radius 3 is 2.59 bits per heavy atom. The molecule has 4 rings (SSSR count). The largest absolute Gasteiger partial charge is 0.383 e. The van der Waals surface area contributed by atoms with Gasteiger partial charge in [-0.05, 0) is 62.1 Å². The second kappa shape index (κ2) is 11.1. The molecule has 7 nitrogen and oxygen atoms in total. The summed E-state index contributed by atoms with van der Waals surface area (Å²) in [4.78, 5) is 32.9. The highest BCUT2D eigenvalue weighted by atomic mass is 32.2. The van der Waals surface area contributed by atoms with Crippen LogP contribution in [0.2, 0.25) is 0 Å². The molecule has 1 atom stereocenters. The fourth-order valence-corrected chi connectivity index (χ4v) is 5.18. The monoisotopic (exact) mass is 480 g/mol. The summed E-state index contributed by atoms with van der Waals surface area (Å²) in [5, 5.41) is 4.03. The van der Waals surface area contributed by atoms with E-state index in [1.165, 1.54) is 30.3 Å². The lowest BCUT2D eigenvalue weighted by Gasteiger charge is -2.32. The number of anilines is 2. The molecule has 0 saturated carbocycles. The van der Waals surface area contributed by atoms with Crippen LogP contribution in [0.15, 0.2) is 58.5 Å². The van der Waals surface area contributed by atoms with Gasteiger partial charge in [-0.2, -0.15) is 0 Å². The van der Waals surface area contributed by atoms with Gasteiger partial charge in [0.2, 0.25) is 5.91 Å². The van der Waals surface area contributed by atoms with Crippen molar-refractivity contribution in [1.82, 2.24) is 9.55 Å². The predicted octanol–water partition coefficient (Wildman–Crippen LogP) is 4.57. The number of hydrogen-bond acceptors (Lipinski definition) is 6. The average molecular weight is 481 g/mol. The molecule has 0 aliphatic carbocycles. The molecule has 1 N–H and O–H groups in total. The zero-order chi connectivity index (χ0) is 24.1. The predicted molar refractivity (Wildman–Crippen MR) is 139 cm³/mol. The summed E-state index contributed by atoms with van der Waals surface area (Å²) in [5.41, 5.74) is 2.45. The molecule has 1 saturated heterocycles. The number of piperidine rings is 1. The topological polar surface area (TPSA) is 76.5 Å². The van der Waals surface area contributed by atoms with Crippen LogP contribution in [0.1, 0.15) is 32.7 Å². The first-order chi connectivity index (χ1) is 16.5. The number of methoxy groups -OCH3 is 1. The highest BCUT2D eigenvalue weighted by molar-refractivity contribution is 7.99. The number of fused-ring (bicyclic) bond motifs is 1. The fourth-order valence-electron chi connectivity index (χ4n) is 4.28. The molecule has 0 spiro atoms. The third-order valence-corrected chi connectivity index (χ3v) is 7.21. The number of carbonyl (C=O) groups excluding carboxylic acids is 1. The number of hydrogen-bond donors (Lipinski definition) is 1. The van der Waals surface area contributed by atoms with Crippen LogP contribution in [0.4, 0.5) is 11.4 Å². The summed E-state index contributed by atoms with van der Waals surface area (Å²) in [6, 6.07) is 15.1. The van der Waals surface area contributed by atoms with Gasteiger partial charge in [0, 0.05) is 31.6 Å². The van der Waals surface area contributed by atoms with Crippen molar-refractivity contribution in [2.75, 3.05) is 42.8 Å². The van der Waals surface area contributed by atoms with E-state index < -0.39 is 0 Å². The van der Waals surface area contributed by atoms with Crippen molar-refractivity contribution < 1.29 is 9.53 Å². The zero-order valence-corrected chi connectivity index (χ0v) is 20.8. The number of aromatic nitrogens is 2. The van der Waals surface area contributed by atoms with Crippen molar-refractivity contribution >= 4 is 39.9 Å². The number of thioether (sulfide) groups is 1. The van der Waals surface area contributed by atoms with Gasteiger partial charge in [-0.25, -0.2) is 4.98 Å². The van der Waals surface area contributed by atoms with Crippen LogP contribution in [0, 0.1) is 5.92 Å². The number of para-hydroxylation sites is 1. The first-order valence-corrected chi connectivity index (χ1v) is 12.7. The van der Waals surface area contributed by atoms with Gasteiger partial charge in [0.25, 0.3) is 5.56 Å². The van der Waals surface area contributed by atoms with Crippen molar-refractivity contribution in [2.45, 2.75) is 37.9 Å². The Hall–Kier alpha value is -2.84. The molecule has 1 unspecified atom stereocenters. The molecule has 1 amide bonds. The molecule has 2 aromatic carbocycles. The number of nitrogens with one attached hydrogen (secondary N) is 1. The van der Waals surface area contributed by atoms with Crippen molar-refractivity contribution in [2.24, 2.45) is 5.92 Å². The SMILES string of the molecule is COCC(C)n1c(SCC(=O)Nc2ccc(N3CCC(C)CC3)cc2)nc2ccccc2c1=O. The molecule has 3 aromatic rings. The van der Waals surface area contributed by atoms with E-state index in [-0.39, 0.29) is 23.3 Å². The Labute approximate surface area is 204 Å². The van der Waals surface area contributed by atoms with Crippen LogP contribution in [0.5, 0.6) is 0 Å². The van der Waals surface area contributed by atoms with Crippen molar-refractivity contribution in [1.29, 1.82) is 0 Å². The summed E-state index contributed by atoms with van der Waals surface area (Å²) in [6.07, 6.45) is 2.43. The maximum absolute atomic E-state index is 13.1. The van der Waals surface area contributed by atoms with Crippen molar-refractivity contribution in [3.63, 3.8) is 0 Å². The third kappa shape index (κ3) is 5.62. The maximum Gasteiger partial charge on any atom is 0.262 e. The average Bonchev–Trinajstić information content (AvgIpc) is 2.84. The molecular formula is C26H32N4O3S. The van der Waals surface area contributed by atoms with Gasteiger partial charge in [0.15, 0.2) is 5.16 Å². The molecule has 2 heterocycles. The van der Waals surface area contributed by atoms with Gasteiger partial charge in [0.05, 0.1) is 29.3 Å². The summed E-state index contributed by atoms with van der Waals surface area (Å²) < 4.78 is 6.89. The Morgan fingerprint density at radius 2 is 1.88 bits per heavy atom. The lowest BCUT2D eigenvalue weighted by molar-refractivity contribution is -0.113. The van der Waals surface area contributed by atoms with E-state index in [1.54, 1.807) is 17.7 Å². The molecule has 180 valence electrons. The molecule has 1 fully saturated rings. The van der Waals surface area contributed by atoms with E-state index in [1.807, 2.05) is 37.3 Å². The Balaban J connectivity index is 1.44. The van der Waals surface area contributed by atoms with Gasteiger partial charge in [0.1, 0.15) is 0 Å². The normalized spacial score (nSPS) is 15.4. The summed E-state index contributed by atoms with van der Waals surface area (Å²) in [6.45, 7) is 6.74. The van der Waals surface area contributed by atoms with Gasteiger partial charge < -0.3 is 15.0 Å². The van der Waals surface area contributed by atoms with Crippen LogP contribution in [0.25, 0.3) is 10.9 Å². The third-order valence-electron chi connectivity index (χ3n) is 6.26. The molecule has 34 heavy (non-hydrogen) atoms. The number of rotatable bonds is 8. The van der Waals surface area contributed by atoms with Gasteiger partial charge in [-0.15, -0.1) is 0 Å². The standard InChI is InChI=1S/C26H32N4O3S/c1-18-12-14-29(15-13-18)21-10-8-20(9-11-21)27-24(31)17-34-26-28-23-7-5-4-6-22(23)25(32)30(26)19(2)16-33-3/h4-11,18-19H,12-17H2,1-3H3,(H,27,31). The molecule has 1 aliphatic rings. The highest BCUT2D eigenvalue weighted by Crippen LogP contribution is 2.25. The van der Waals surface area contributed by atoms with Gasteiger partial charge >= 0.3 is 0 Å². The van der Waals surface area contributed by atoms with E-state index in [0.29, 0.717) is 22.7 Å². The second-order valence-corrected chi connectivity index (χ2v) is 9.89.